The van der Waals surface area contributed by atoms with Crippen LogP contribution in [0, 0.1) is 24.0 Å². The summed E-state index contributed by atoms with van der Waals surface area (Å²) in [4.78, 5) is 27.3. The summed E-state index contributed by atoms with van der Waals surface area (Å²) in [5, 5.41) is 13.8. The second-order valence-electron chi connectivity index (χ2n) is 4.15. The lowest BCUT2D eigenvalue weighted by atomic mass is 10.1. The number of hydrogen-bond acceptors (Lipinski definition) is 6. The third kappa shape index (κ3) is 2.75. The van der Waals surface area contributed by atoms with Gasteiger partial charge in [-0.2, -0.15) is 0 Å². The molecule has 1 aromatic heterocycles. The predicted octanol–water partition coefficient (Wildman–Crippen LogP) is 2.50. The van der Waals surface area contributed by atoms with Gasteiger partial charge in [0, 0.05) is 16.5 Å². The smallest absolute Gasteiger partial charge is 0.292 e. The number of rotatable bonds is 3. The normalized spacial score (nSPS) is 10.3. The molecule has 0 saturated carbocycles. The lowest BCUT2D eigenvalue weighted by Gasteiger charge is -2.03. The molecule has 0 atom stereocenters. The number of nitro benzene ring substituents is 1. The van der Waals surface area contributed by atoms with E-state index in [4.69, 9.17) is 5.73 Å². The van der Waals surface area contributed by atoms with E-state index in [0.717, 1.165) is 10.6 Å². The van der Waals surface area contributed by atoms with E-state index < -0.39 is 10.8 Å². The van der Waals surface area contributed by atoms with Crippen molar-refractivity contribution in [3.05, 3.63) is 44.4 Å². The largest absolute Gasteiger partial charge is 0.393 e. The van der Waals surface area contributed by atoms with Gasteiger partial charge in [0.1, 0.15) is 5.69 Å². The van der Waals surface area contributed by atoms with Gasteiger partial charge in [0.15, 0.2) is 5.13 Å². The van der Waals surface area contributed by atoms with Crippen LogP contribution in [0.1, 0.15) is 20.9 Å². The molecule has 0 unspecified atom stereocenters. The van der Waals surface area contributed by atoms with Crippen LogP contribution in [0.4, 0.5) is 16.5 Å². The zero-order valence-electron chi connectivity index (χ0n) is 10.8. The number of carbonyl (C=O) groups excluding carboxylic acids is 1. The number of anilines is 2. The quantitative estimate of drug-likeness (QED) is 0.513. The molecular formula is C12H12N4O3S. The maximum atomic E-state index is 12.0. The molecule has 0 aliphatic rings. The van der Waals surface area contributed by atoms with Gasteiger partial charge in [-0.3, -0.25) is 20.2 Å². The summed E-state index contributed by atoms with van der Waals surface area (Å²) in [7, 11) is 0. The minimum Gasteiger partial charge on any atom is -0.393 e. The zero-order chi connectivity index (χ0) is 14.9. The molecule has 0 fully saturated rings. The van der Waals surface area contributed by atoms with Gasteiger partial charge in [0.05, 0.1) is 10.6 Å². The van der Waals surface area contributed by atoms with E-state index in [2.05, 4.69) is 10.3 Å². The molecule has 0 radical (unpaired) electrons. The first-order chi connectivity index (χ1) is 9.38. The number of aromatic nitrogens is 1. The summed E-state index contributed by atoms with van der Waals surface area (Å²) < 4.78 is 0. The van der Waals surface area contributed by atoms with Crippen LogP contribution in [0.25, 0.3) is 0 Å². The first-order valence-electron chi connectivity index (χ1n) is 5.68. The van der Waals surface area contributed by atoms with E-state index in [-0.39, 0.29) is 16.9 Å². The third-order valence-electron chi connectivity index (χ3n) is 2.74. The van der Waals surface area contributed by atoms with E-state index in [1.54, 1.807) is 0 Å². The van der Waals surface area contributed by atoms with Gasteiger partial charge >= 0.3 is 0 Å². The SMILES string of the molecule is Cc1nc(NC(=O)c2ccc([N+](=O)[O-])c(N)c2)sc1C. The molecule has 2 rings (SSSR count). The highest BCUT2D eigenvalue weighted by Crippen LogP contribution is 2.24. The number of hydrogen-bond donors (Lipinski definition) is 2. The molecule has 1 aromatic carbocycles. The maximum Gasteiger partial charge on any atom is 0.292 e. The molecule has 8 heteroatoms. The highest BCUT2D eigenvalue weighted by Gasteiger charge is 2.15. The molecule has 0 aliphatic carbocycles. The lowest BCUT2D eigenvalue weighted by molar-refractivity contribution is -0.383. The van der Waals surface area contributed by atoms with E-state index in [1.165, 1.54) is 29.5 Å². The van der Waals surface area contributed by atoms with Crippen molar-refractivity contribution >= 4 is 33.8 Å². The minimum atomic E-state index is -0.593. The van der Waals surface area contributed by atoms with E-state index in [1.807, 2.05) is 13.8 Å². The van der Waals surface area contributed by atoms with Crippen molar-refractivity contribution in [3.8, 4) is 0 Å². The number of thiazole rings is 1. The summed E-state index contributed by atoms with van der Waals surface area (Å²) in [5.41, 5.74) is 6.38. The van der Waals surface area contributed by atoms with Crippen molar-refractivity contribution in [2.24, 2.45) is 0 Å². The monoisotopic (exact) mass is 292 g/mol. The molecule has 20 heavy (non-hydrogen) atoms. The second-order valence-corrected chi connectivity index (χ2v) is 5.35. The van der Waals surface area contributed by atoms with Crippen LogP contribution in [-0.4, -0.2) is 15.8 Å². The van der Waals surface area contributed by atoms with E-state index in [9.17, 15) is 14.9 Å². The van der Waals surface area contributed by atoms with Crippen molar-refractivity contribution in [1.29, 1.82) is 0 Å². The zero-order valence-corrected chi connectivity index (χ0v) is 11.7. The van der Waals surface area contributed by atoms with Crippen molar-refractivity contribution < 1.29 is 9.72 Å². The number of aryl methyl sites for hydroxylation is 2. The van der Waals surface area contributed by atoms with Gasteiger partial charge in [0.25, 0.3) is 11.6 Å². The third-order valence-corrected chi connectivity index (χ3v) is 3.72. The van der Waals surface area contributed by atoms with Gasteiger partial charge in [-0.1, -0.05) is 0 Å². The van der Waals surface area contributed by atoms with Crippen LogP contribution in [0.2, 0.25) is 0 Å². The summed E-state index contributed by atoms with van der Waals surface area (Å²) in [6, 6.07) is 3.85. The van der Waals surface area contributed by atoms with Crippen LogP contribution in [0.3, 0.4) is 0 Å². The Morgan fingerprint density at radius 1 is 1.45 bits per heavy atom. The number of amides is 1. The molecule has 0 saturated heterocycles. The standard InChI is InChI=1S/C12H12N4O3S/c1-6-7(2)20-12(14-6)15-11(17)8-3-4-10(16(18)19)9(13)5-8/h3-5H,13H2,1-2H3,(H,14,15,17). The Labute approximate surface area is 118 Å². The van der Waals surface area contributed by atoms with E-state index in [0.29, 0.717) is 5.13 Å². The molecule has 1 amide bonds. The fraction of sp³-hybridized carbons (Fsp3) is 0.167. The molecule has 0 aliphatic heterocycles. The number of nitrogens with one attached hydrogen (secondary N) is 1. The Bertz CT molecular complexity index is 677. The first-order valence-corrected chi connectivity index (χ1v) is 6.49. The number of nitrogen functional groups attached to an aromatic ring is 1. The van der Waals surface area contributed by atoms with Gasteiger partial charge in [-0.15, -0.1) is 11.3 Å². The molecule has 1 heterocycles. The van der Waals surface area contributed by atoms with Crippen LogP contribution in [0.5, 0.6) is 0 Å². The highest BCUT2D eigenvalue weighted by molar-refractivity contribution is 7.15. The van der Waals surface area contributed by atoms with Crippen molar-refractivity contribution in [2.75, 3.05) is 11.1 Å². The van der Waals surface area contributed by atoms with Gasteiger partial charge in [0.2, 0.25) is 0 Å². The summed E-state index contributed by atoms with van der Waals surface area (Å²) in [5.74, 6) is -0.402. The maximum absolute atomic E-state index is 12.0. The summed E-state index contributed by atoms with van der Waals surface area (Å²) >= 11 is 1.37. The van der Waals surface area contributed by atoms with Gasteiger partial charge in [-0.05, 0) is 26.0 Å². The molecule has 2 aromatic rings. The molecular weight excluding hydrogens is 280 g/mol. The van der Waals surface area contributed by atoms with Crippen LogP contribution in [-0.2, 0) is 0 Å². The fourth-order valence-electron chi connectivity index (χ4n) is 1.56. The van der Waals surface area contributed by atoms with E-state index >= 15 is 0 Å². The van der Waals surface area contributed by atoms with Crippen molar-refractivity contribution in [2.45, 2.75) is 13.8 Å². The minimum absolute atomic E-state index is 0.0471. The average Bonchev–Trinajstić information content (AvgIpc) is 2.67. The molecule has 0 spiro atoms. The van der Waals surface area contributed by atoms with Gasteiger partial charge < -0.3 is 5.73 Å². The predicted molar refractivity (Wildman–Crippen MR) is 77.1 cm³/mol. The van der Waals surface area contributed by atoms with Crippen molar-refractivity contribution in [3.63, 3.8) is 0 Å². The Kier molecular flexibility index (Phi) is 3.66. The topological polar surface area (TPSA) is 111 Å². The number of nitrogens with zero attached hydrogens (tertiary/aromatic N) is 2. The molecule has 104 valence electrons. The fourth-order valence-corrected chi connectivity index (χ4v) is 2.37. The number of benzene rings is 1. The Morgan fingerprint density at radius 3 is 2.65 bits per heavy atom. The van der Waals surface area contributed by atoms with Crippen LogP contribution < -0.4 is 11.1 Å². The molecule has 7 nitrogen and oxygen atoms in total. The first kappa shape index (κ1) is 13.9. The Balaban J connectivity index is 2.21. The highest BCUT2D eigenvalue weighted by atomic mass is 32.1. The van der Waals surface area contributed by atoms with Crippen LogP contribution in [0.15, 0.2) is 18.2 Å². The average molecular weight is 292 g/mol. The summed E-state index contributed by atoms with van der Waals surface area (Å²) in [6.07, 6.45) is 0. The molecule has 3 N–H and O–H groups in total. The number of nitro groups is 1. The Morgan fingerprint density at radius 2 is 2.15 bits per heavy atom. The Hall–Kier alpha value is -2.48. The second kappa shape index (κ2) is 5.25. The number of nitrogens with two attached hydrogens (primary N) is 1. The van der Waals surface area contributed by atoms with Crippen molar-refractivity contribution in [1.82, 2.24) is 4.98 Å². The van der Waals surface area contributed by atoms with Gasteiger partial charge in [-0.25, -0.2) is 4.98 Å². The molecule has 0 bridgehead atoms. The summed E-state index contributed by atoms with van der Waals surface area (Å²) in [6.45, 7) is 3.76. The number of carbonyl (C=O) groups is 1. The lowest BCUT2D eigenvalue weighted by Crippen LogP contribution is -2.12. The van der Waals surface area contributed by atoms with Crippen LogP contribution >= 0.6 is 11.3 Å².